The third-order valence-electron chi connectivity index (χ3n) is 4.55. The van der Waals surface area contributed by atoms with Crippen molar-refractivity contribution in [2.45, 2.75) is 37.7 Å². The third-order valence-corrected chi connectivity index (χ3v) is 5.46. The Hall–Kier alpha value is -0.830. The SMILES string of the molecule is O=C1O[C@]2(CBr)CCCC[C@]12Cc1ccccc1. The molecule has 0 radical (unpaired) electrons. The molecule has 1 aromatic rings. The molecule has 3 rings (SSSR count). The van der Waals surface area contributed by atoms with Gasteiger partial charge in [0, 0.05) is 5.33 Å². The molecule has 3 heteroatoms. The number of hydrogen-bond acceptors (Lipinski definition) is 2. The fraction of sp³-hybridized carbons (Fsp3) is 0.533. The number of fused-ring (bicyclic) bond motifs is 1. The normalized spacial score (nSPS) is 34.4. The Labute approximate surface area is 116 Å². The minimum absolute atomic E-state index is 0.00510. The van der Waals surface area contributed by atoms with Gasteiger partial charge in [-0.15, -0.1) is 0 Å². The van der Waals surface area contributed by atoms with E-state index < -0.39 is 0 Å². The predicted molar refractivity (Wildman–Crippen MR) is 73.7 cm³/mol. The largest absolute Gasteiger partial charge is 0.456 e. The number of alkyl halides is 1. The molecule has 1 aromatic carbocycles. The molecule has 1 aliphatic carbocycles. The summed E-state index contributed by atoms with van der Waals surface area (Å²) in [6.45, 7) is 0. The van der Waals surface area contributed by atoms with Crippen molar-refractivity contribution in [1.29, 1.82) is 0 Å². The Morgan fingerprint density at radius 2 is 1.89 bits per heavy atom. The molecule has 0 spiro atoms. The van der Waals surface area contributed by atoms with Crippen LogP contribution < -0.4 is 0 Å². The van der Waals surface area contributed by atoms with E-state index in [0.29, 0.717) is 0 Å². The highest BCUT2D eigenvalue weighted by molar-refractivity contribution is 9.09. The van der Waals surface area contributed by atoms with E-state index in [1.807, 2.05) is 18.2 Å². The van der Waals surface area contributed by atoms with Crippen molar-refractivity contribution in [3.8, 4) is 0 Å². The standard InChI is InChI=1S/C15H17BrO2/c16-11-15-9-5-4-8-14(15,13(17)18-15)10-12-6-2-1-3-7-12/h1-3,6-7H,4-5,8-11H2/t14-,15-/m0/s1. The van der Waals surface area contributed by atoms with Crippen molar-refractivity contribution in [2.24, 2.45) is 5.41 Å². The van der Waals surface area contributed by atoms with Crippen molar-refractivity contribution in [3.05, 3.63) is 35.9 Å². The molecule has 1 saturated heterocycles. The van der Waals surface area contributed by atoms with Gasteiger partial charge in [-0.3, -0.25) is 4.79 Å². The van der Waals surface area contributed by atoms with Crippen molar-refractivity contribution in [3.63, 3.8) is 0 Å². The quantitative estimate of drug-likeness (QED) is 0.631. The van der Waals surface area contributed by atoms with Gasteiger partial charge in [0.05, 0.1) is 0 Å². The first-order valence-electron chi connectivity index (χ1n) is 6.56. The molecule has 2 fully saturated rings. The number of halogens is 1. The average Bonchev–Trinajstić information content (AvgIpc) is 2.41. The highest BCUT2D eigenvalue weighted by atomic mass is 79.9. The zero-order valence-corrected chi connectivity index (χ0v) is 11.9. The van der Waals surface area contributed by atoms with Gasteiger partial charge in [-0.1, -0.05) is 52.7 Å². The number of ether oxygens (including phenoxy) is 1. The Bertz CT molecular complexity index is 459. The van der Waals surface area contributed by atoms with E-state index in [0.717, 1.165) is 37.4 Å². The average molecular weight is 309 g/mol. The molecule has 0 unspecified atom stereocenters. The topological polar surface area (TPSA) is 26.3 Å². The smallest absolute Gasteiger partial charge is 0.317 e. The molecule has 1 aliphatic heterocycles. The van der Waals surface area contributed by atoms with Gasteiger partial charge >= 0.3 is 5.97 Å². The first-order chi connectivity index (χ1) is 8.72. The summed E-state index contributed by atoms with van der Waals surface area (Å²) in [5.41, 5.74) is 0.704. The van der Waals surface area contributed by atoms with Gasteiger partial charge < -0.3 is 4.74 Å². The Balaban J connectivity index is 1.93. The molecule has 1 saturated carbocycles. The molecule has 18 heavy (non-hydrogen) atoms. The number of rotatable bonds is 3. The highest BCUT2D eigenvalue weighted by Crippen LogP contribution is 2.57. The minimum atomic E-state index is -0.282. The first-order valence-corrected chi connectivity index (χ1v) is 7.68. The van der Waals surface area contributed by atoms with Gasteiger partial charge in [-0.05, 0) is 31.2 Å². The number of esters is 1. The molecule has 0 bridgehead atoms. The number of carbonyl (C=O) groups is 1. The maximum Gasteiger partial charge on any atom is 0.317 e. The van der Waals surface area contributed by atoms with Crippen LogP contribution in [0.1, 0.15) is 31.2 Å². The predicted octanol–water partition coefficient (Wildman–Crippen LogP) is 3.48. The third kappa shape index (κ3) is 1.56. The van der Waals surface area contributed by atoms with Crippen LogP contribution in [-0.4, -0.2) is 16.9 Å². The summed E-state index contributed by atoms with van der Waals surface area (Å²) in [6.07, 6.45) is 5.08. The van der Waals surface area contributed by atoms with Crippen molar-refractivity contribution in [1.82, 2.24) is 0 Å². The molecule has 0 N–H and O–H groups in total. The van der Waals surface area contributed by atoms with Crippen LogP contribution in [0.5, 0.6) is 0 Å². The summed E-state index contributed by atoms with van der Waals surface area (Å²) in [7, 11) is 0. The van der Waals surface area contributed by atoms with E-state index in [1.54, 1.807) is 0 Å². The molecular weight excluding hydrogens is 292 g/mol. The summed E-state index contributed by atoms with van der Waals surface area (Å²) in [6, 6.07) is 10.3. The molecule has 96 valence electrons. The molecular formula is C15H17BrO2. The second kappa shape index (κ2) is 4.37. The molecule has 2 nitrogen and oxygen atoms in total. The summed E-state index contributed by atoms with van der Waals surface area (Å²) in [5.74, 6) is 0.00510. The van der Waals surface area contributed by atoms with E-state index in [9.17, 15) is 4.79 Å². The van der Waals surface area contributed by atoms with Crippen LogP contribution >= 0.6 is 15.9 Å². The number of carbonyl (C=O) groups excluding carboxylic acids is 1. The second-order valence-corrected chi connectivity index (χ2v) is 6.03. The summed E-state index contributed by atoms with van der Waals surface area (Å²) in [4.78, 5) is 12.1. The number of hydrogen-bond donors (Lipinski definition) is 0. The Morgan fingerprint density at radius 1 is 1.17 bits per heavy atom. The lowest BCUT2D eigenvalue weighted by Crippen LogP contribution is -2.70. The van der Waals surface area contributed by atoms with E-state index >= 15 is 0 Å². The lowest BCUT2D eigenvalue weighted by atomic mass is 9.57. The van der Waals surface area contributed by atoms with Crippen LogP contribution in [0.2, 0.25) is 0 Å². The number of benzene rings is 1. The molecule has 0 amide bonds. The summed E-state index contributed by atoms with van der Waals surface area (Å²) in [5, 5.41) is 0.762. The maximum absolute atomic E-state index is 12.1. The Morgan fingerprint density at radius 3 is 2.56 bits per heavy atom. The molecule has 2 aliphatic rings. The van der Waals surface area contributed by atoms with Gasteiger partial charge in [-0.25, -0.2) is 0 Å². The van der Waals surface area contributed by atoms with Gasteiger partial charge in [0.1, 0.15) is 11.0 Å². The van der Waals surface area contributed by atoms with Crippen molar-refractivity contribution < 1.29 is 9.53 Å². The van der Waals surface area contributed by atoms with Crippen molar-refractivity contribution >= 4 is 21.9 Å². The lowest BCUT2D eigenvalue weighted by Gasteiger charge is -2.58. The van der Waals surface area contributed by atoms with E-state index in [1.165, 1.54) is 5.56 Å². The van der Waals surface area contributed by atoms with E-state index in [4.69, 9.17) is 4.74 Å². The van der Waals surface area contributed by atoms with Gasteiger partial charge in [0.15, 0.2) is 0 Å². The summed E-state index contributed by atoms with van der Waals surface area (Å²) < 4.78 is 5.57. The fourth-order valence-electron chi connectivity index (χ4n) is 3.46. The maximum atomic E-state index is 12.1. The van der Waals surface area contributed by atoms with Crippen LogP contribution in [0.3, 0.4) is 0 Å². The highest BCUT2D eigenvalue weighted by Gasteiger charge is 2.68. The van der Waals surface area contributed by atoms with Gasteiger partial charge in [0.25, 0.3) is 0 Å². The van der Waals surface area contributed by atoms with Crippen LogP contribution in [0.25, 0.3) is 0 Å². The van der Waals surface area contributed by atoms with Crippen LogP contribution in [0, 0.1) is 5.41 Å². The van der Waals surface area contributed by atoms with Gasteiger partial charge in [-0.2, -0.15) is 0 Å². The molecule has 2 atom stereocenters. The van der Waals surface area contributed by atoms with Gasteiger partial charge in [0.2, 0.25) is 0 Å². The van der Waals surface area contributed by atoms with E-state index in [2.05, 4.69) is 28.1 Å². The second-order valence-electron chi connectivity index (χ2n) is 5.47. The van der Waals surface area contributed by atoms with Crippen LogP contribution in [-0.2, 0) is 16.0 Å². The van der Waals surface area contributed by atoms with Crippen LogP contribution in [0.15, 0.2) is 30.3 Å². The molecule has 1 heterocycles. The molecule has 0 aromatic heterocycles. The van der Waals surface area contributed by atoms with E-state index in [-0.39, 0.29) is 17.0 Å². The van der Waals surface area contributed by atoms with Crippen LogP contribution in [0.4, 0.5) is 0 Å². The monoisotopic (exact) mass is 308 g/mol. The van der Waals surface area contributed by atoms with Crippen molar-refractivity contribution in [2.75, 3.05) is 5.33 Å². The Kier molecular flexibility index (Phi) is 2.97. The first kappa shape index (κ1) is 12.2. The lowest BCUT2D eigenvalue weighted by molar-refractivity contribution is -0.247. The zero-order chi connectivity index (χ0) is 12.6. The minimum Gasteiger partial charge on any atom is -0.456 e. The zero-order valence-electron chi connectivity index (χ0n) is 10.3. The fourth-order valence-corrected chi connectivity index (χ4v) is 4.39. The summed E-state index contributed by atoms with van der Waals surface area (Å²) >= 11 is 3.56.